The largest absolute Gasteiger partial charge is 0.388 e. The Morgan fingerprint density at radius 1 is 1.09 bits per heavy atom. The van der Waals surface area contributed by atoms with Gasteiger partial charge < -0.3 is 10.0 Å². The minimum atomic E-state index is -0.565. The van der Waals surface area contributed by atoms with Gasteiger partial charge in [0.1, 0.15) is 5.82 Å². The Kier molecular flexibility index (Phi) is 4.77. The van der Waals surface area contributed by atoms with Gasteiger partial charge in [0.15, 0.2) is 0 Å². The highest BCUT2D eigenvalue weighted by atomic mass is 19.1. The van der Waals surface area contributed by atoms with Crippen LogP contribution >= 0.6 is 0 Å². The molecule has 1 saturated carbocycles. The summed E-state index contributed by atoms with van der Waals surface area (Å²) in [6.07, 6.45) is 5.50. The molecule has 1 atom stereocenters. The molecule has 1 saturated heterocycles. The molecule has 2 aliphatic rings. The monoisotopic (exact) mass is 305 g/mol. The third-order valence-corrected chi connectivity index (χ3v) is 5.21. The second kappa shape index (κ2) is 6.78. The third kappa shape index (κ3) is 3.32. The third-order valence-electron chi connectivity index (χ3n) is 5.21. The zero-order valence-electron chi connectivity index (χ0n) is 12.9. The summed E-state index contributed by atoms with van der Waals surface area (Å²) >= 11 is 0. The quantitative estimate of drug-likeness (QED) is 0.931. The van der Waals surface area contributed by atoms with Crippen molar-refractivity contribution in [3.8, 4) is 0 Å². The van der Waals surface area contributed by atoms with Crippen LogP contribution in [0.3, 0.4) is 0 Å². The summed E-state index contributed by atoms with van der Waals surface area (Å²) in [5, 5.41) is 10.4. The van der Waals surface area contributed by atoms with E-state index in [2.05, 4.69) is 0 Å². The average molecular weight is 305 g/mol. The number of nitrogens with zero attached hydrogens (tertiary/aromatic N) is 1. The van der Waals surface area contributed by atoms with Crippen molar-refractivity contribution in [2.24, 2.45) is 11.8 Å². The van der Waals surface area contributed by atoms with Crippen molar-refractivity contribution >= 4 is 5.91 Å². The number of amides is 1. The fourth-order valence-electron chi connectivity index (χ4n) is 3.80. The van der Waals surface area contributed by atoms with Gasteiger partial charge in [0.25, 0.3) is 0 Å². The lowest BCUT2D eigenvalue weighted by Crippen LogP contribution is -2.42. The summed E-state index contributed by atoms with van der Waals surface area (Å²) in [6, 6.07) is 6.07. The molecule has 2 fully saturated rings. The molecule has 1 heterocycles. The van der Waals surface area contributed by atoms with Gasteiger partial charge >= 0.3 is 0 Å². The van der Waals surface area contributed by atoms with Crippen molar-refractivity contribution < 1.29 is 14.3 Å². The first-order valence-electron chi connectivity index (χ1n) is 8.37. The minimum absolute atomic E-state index is 0.151. The van der Waals surface area contributed by atoms with Gasteiger partial charge in [-0.05, 0) is 49.3 Å². The number of rotatable bonds is 3. The lowest BCUT2D eigenvalue weighted by molar-refractivity contribution is -0.137. The van der Waals surface area contributed by atoms with Crippen LogP contribution in [0.15, 0.2) is 24.3 Å². The van der Waals surface area contributed by atoms with E-state index in [1.54, 1.807) is 12.1 Å². The molecule has 0 unspecified atom stereocenters. The highest BCUT2D eigenvalue weighted by Gasteiger charge is 2.32. The van der Waals surface area contributed by atoms with Crippen LogP contribution in [0.5, 0.6) is 0 Å². The molecule has 1 aliphatic carbocycles. The number of hydrogen-bond acceptors (Lipinski definition) is 2. The fraction of sp³-hybridized carbons (Fsp3) is 0.611. The van der Waals surface area contributed by atoms with Crippen molar-refractivity contribution in [3.63, 3.8) is 0 Å². The lowest BCUT2D eigenvalue weighted by Gasteiger charge is -2.35. The fourth-order valence-corrected chi connectivity index (χ4v) is 3.80. The molecule has 0 radical (unpaired) electrons. The molecule has 0 spiro atoms. The zero-order valence-corrected chi connectivity index (χ0v) is 12.9. The molecule has 0 bridgehead atoms. The SMILES string of the molecule is O=C(C1CCCC1)N1CCC([C@H](O)c2ccc(F)cc2)CC1. The summed E-state index contributed by atoms with van der Waals surface area (Å²) in [5.41, 5.74) is 0.766. The van der Waals surface area contributed by atoms with Crippen LogP contribution in [-0.4, -0.2) is 29.0 Å². The first kappa shape index (κ1) is 15.5. The zero-order chi connectivity index (χ0) is 15.5. The van der Waals surface area contributed by atoms with Crippen LogP contribution in [0.25, 0.3) is 0 Å². The molecule has 3 rings (SSSR count). The number of carbonyl (C=O) groups excluding carboxylic acids is 1. The normalized spacial score (nSPS) is 22.0. The summed E-state index contributed by atoms with van der Waals surface area (Å²) < 4.78 is 13.0. The molecule has 4 heteroatoms. The molecule has 1 aromatic carbocycles. The van der Waals surface area contributed by atoms with E-state index in [1.165, 1.54) is 25.0 Å². The number of carbonyl (C=O) groups is 1. The maximum Gasteiger partial charge on any atom is 0.225 e. The summed E-state index contributed by atoms with van der Waals surface area (Å²) in [4.78, 5) is 14.4. The number of aliphatic hydroxyl groups is 1. The molecule has 1 aromatic rings. The van der Waals surface area contributed by atoms with Gasteiger partial charge in [-0.25, -0.2) is 4.39 Å². The van der Waals surface area contributed by atoms with Crippen LogP contribution in [0.1, 0.15) is 50.2 Å². The highest BCUT2D eigenvalue weighted by molar-refractivity contribution is 5.79. The summed E-state index contributed by atoms with van der Waals surface area (Å²) in [7, 11) is 0. The Hall–Kier alpha value is -1.42. The van der Waals surface area contributed by atoms with Crippen LogP contribution in [0.2, 0.25) is 0 Å². The van der Waals surface area contributed by atoms with Gasteiger partial charge in [0, 0.05) is 19.0 Å². The number of likely N-dealkylation sites (tertiary alicyclic amines) is 1. The Bertz CT molecular complexity index is 502. The van der Waals surface area contributed by atoms with Gasteiger partial charge in [-0.3, -0.25) is 4.79 Å². The van der Waals surface area contributed by atoms with Gasteiger partial charge in [-0.15, -0.1) is 0 Å². The second-order valence-corrected chi connectivity index (χ2v) is 6.64. The van der Waals surface area contributed by atoms with Crippen molar-refractivity contribution in [1.82, 2.24) is 4.90 Å². The van der Waals surface area contributed by atoms with Crippen molar-refractivity contribution in [1.29, 1.82) is 0 Å². The lowest BCUT2D eigenvalue weighted by atomic mass is 9.87. The van der Waals surface area contributed by atoms with E-state index in [1.807, 2.05) is 4.90 Å². The molecule has 1 aliphatic heterocycles. The number of benzene rings is 1. The van der Waals surface area contributed by atoms with Crippen LogP contribution in [-0.2, 0) is 4.79 Å². The molecule has 1 N–H and O–H groups in total. The van der Waals surface area contributed by atoms with Gasteiger partial charge in [0.05, 0.1) is 6.10 Å². The van der Waals surface area contributed by atoms with Crippen molar-refractivity contribution in [3.05, 3.63) is 35.6 Å². The minimum Gasteiger partial charge on any atom is -0.388 e. The Balaban J connectivity index is 1.54. The summed E-state index contributed by atoms with van der Waals surface area (Å²) in [6.45, 7) is 1.47. The Morgan fingerprint density at radius 2 is 1.68 bits per heavy atom. The summed E-state index contributed by atoms with van der Waals surface area (Å²) in [5.74, 6) is 0.414. The van der Waals surface area contributed by atoms with E-state index < -0.39 is 6.10 Å². The molecule has 22 heavy (non-hydrogen) atoms. The first-order valence-corrected chi connectivity index (χ1v) is 8.37. The van der Waals surface area contributed by atoms with Gasteiger partial charge in [-0.1, -0.05) is 25.0 Å². The second-order valence-electron chi connectivity index (χ2n) is 6.64. The Morgan fingerprint density at radius 3 is 2.27 bits per heavy atom. The average Bonchev–Trinajstić information content (AvgIpc) is 3.09. The molecule has 120 valence electrons. The van der Waals surface area contributed by atoms with Gasteiger partial charge in [0.2, 0.25) is 5.91 Å². The molecule has 3 nitrogen and oxygen atoms in total. The maximum absolute atomic E-state index is 13.0. The Labute approximate surface area is 131 Å². The highest BCUT2D eigenvalue weighted by Crippen LogP contribution is 2.33. The van der Waals surface area contributed by atoms with E-state index >= 15 is 0 Å². The maximum atomic E-state index is 13.0. The first-order chi connectivity index (χ1) is 10.6. The topological polar surface area (TPSA) is 40.5 Å². The number of aliphatic hydroxyl groups excluding tert-OH is 1. The van der Waals surface area contributed by atoms with E-state index in [-0.39, 0.29) is 17.7 Å². The number of halogens is 1. The molecule has 1 amide bonds. The predicted molar refractivity (Wildman–Crippen MR) is 82.6 cm³/mol. The van der Waals surface area contributed by atoms with E-state index in [0.29, 0.717) is 5.91 Å². The van der Waals surface area contributed by atoms with Crippen molar-refractivity contribution in [2.45, 2.75) is 44.6 Å². The predicted octanol–water partition coefficient (Wildman–Crippen LogP) is 3.29. The van der Waals surface area contributed by atoms with E-state index in [4.69, 9.17) is 0 Å². The molecule has 0 aromatic heterocycles. The van der Waals surface area contributed by atoms with Crippen LogP contribution in [0.4, 0.5) is 4.39 Å². The van der Waals surface area contributed by atoms with Crippen LogP contribution in [0, 0.1) is 17.7 Å². The van der Waals surface area contributed by atoms with Crippen molar-refractivity contribution in [2.75, 3.05) is 13.1 Å². The van der Waals surface area contributed by atoms with Gasteiger partial charge in [-0.2, -0.15) is 0 Å². The standard InChI is InChI=1S/C18H24FNO2/c19-16-7-5-13(6-8-16)17(21)14-9-11-20(12-10-14)18(22)15-3-1-2-4-15/h5-8,14-15,17,21H,1-4,9-12H2/t17-/m1/s1. The van der Waals surface area contributed by atoms with E-state index in [9.17, 15) is 14.3 Å². The van der Waals surface area contributed by atoms with Crippen LogP contribution < -0.4 is 0 Å². The number of hydrogen-bond donors (Lipinski definition) is 1. The number of piperidine rings is 1. The molecular weight excluding hydrogens is 281 g/mol. The van der Waals surface area contributed by atoms with E-state index in [0.717, 1.165) is 44.3 Å². The molecular formula is C18H24FNO2. The smallest absolute Gasteiger partial charge is 0.225 e.